The molecule has 0 N–H and O–H groups in total. The van der Waals surface area contributed by atoms with Crippen LogP contribution in [0.5, 0.6) is 11.5 Å². The first-order valence-corrected chi connectivity index (χ1v) is 7.35. The van der Waals surface area contributed by atoms with E-state index in [1.54, 1.807) is 24.3 Å². The van der Waals surface area contributed by atoms with Crippen molar-refractivity contribution in [1.29, 1.82) is 0 Å². The van der Waals surface area contributed by atoms with Gasteiger partial charge in [-0.25, -0.2) is 8.42 Å². The average Bonchev–Trinajstić information content (AvgIpc) is 2.41. The minimum Gasteiger partial charge on any atom is -0.744 e. The number of hydrogen-bond acceptors (Lipinski definition) is 4. The van der Waals surface area contributed by atoms with Gasteiger partial charge < -0.3 is 9.29 Å². The van der Waals surface area contributed by atoms with Gasteiger partial charge in [0.05, 0.1) is 4.90 Å². The van der Waals surface area contributed by atoms with Gasteiger partial charge in [-0.2, -0.15) is 0 Å². The van der Waals surface area contributed by atoms with Gasteiger partial charge in [0.1, 0.15) is 21.6 Å². The van der Waals surface area contributed by atoms with Crippen molar-refractivity contribution < 1.29 is 47.3 Å². The molecule has 0 unspecified atom stereocenters. The van der Waals surface area contributed by atoms with Crippen LogP contribution in [0.1, 0.15) is 5.56 Å². The summed E-state index contributed by atoms with van der Waals surface area (Å²) < 4.78 is 39.2. The normalized spacial score (nSPS) is 10.5. The topological polar surface area (TPSA) is 66.4 Å². The SMILES string of the molecule is C=CCc1ccccc1Oc1ccccc1S(=O)(=O)[O-].[Na+]. The summed E-state index contributed by atoms with van der Waals surface area (Å²) >= 11 is 0. The van der Waals surface area contributed by atoms with Crippen LogP contribution in [-0.2, 0) is 16.5 Å². The van der Waals surface area contributed by atoms with E-state index in [1.165, 1.54) is 18.2 Å². The first-order chi connectivity index (χ1) is 9.52. The van der Waals surface area contributed by atoms with Crippen molar-refractivity contribution in [3.05, 3.63) is 66.7 Å². The largest absolute Gasteiger partial charge is 1.00 e. The average molecular weight is 312 g/mol. The molecule has 0 saturated heterocycles. The summed E-state index contributed by atoms with van der Waals surface area (Å²) in [7, 11) is -4.57. The second-order valence-electron chi connectivity index (χ2n) is 4.10. The fourth-order valence-corrected chi connectivity index (χ4v) is 2.39. The summed E-state index contributed by atoms with van der Waals surface area (Å²) in [6, 6.07) is 13.0. The summed E-state index contributed by atoms with van der Waals surface area (Å²) in [4.78, 5) is -0.367. The molecule has 0 atom stereocenters. The number of rotatable bonds is 5. The first-order valence-electron chi connectivity index (χ1n) is 5.94. The van der Waals surface area contributed by atoms with E-state index in [0.717, 1.165) is 5.56 Å². The van der Waals surface area contributed by atoms with Gasteiger partial charge in [-0.15, -0.1) is 6.58 Å². The van der Waals surface area contributed by atoms with Crippen molar-refractivity contribution in [2.75, 3.05) is 0 Å². The molecular weight excluding hydrogens is 299 g/mol. The molecule has 4 nitrogen and oxygen atoms in total. The molecule has 2 aromatic carbocycles. The van der Waals surface area contributed by atoms with E-state index in [4.69, 9.17) is 4.74 Å². The Morgan fingerprint density at radius 1 is 1.05 bits per heavy atom. The van der Waals surface area contributed by atoms with Crippen LogP contribution in [0.25, 0.3) is 0 Å². The van der Waals surface area contributed by atoms with Crippen LogP contribution in [-0.4, -0.2) is 13.0 Å². The molecule has 0 fully saturated rings. The molecule has 21 heavy (non-hydrogen) atoms. The van der Waals surface area contributed by atoms with Crippen molar-refractivity contribution in [3.8, 4) is 11.5 Å². The fraction of sp³-hybridized carbons (Fsp3) is 0.0667. The van der Waals surface area contributed by atoms with Crippen molar-refractivity contribution in [2.24, 2.45) is 0 Å². The van der Waals surface area contributed by atoms with Crippen LogP contribution in [0.3, 0.4) is 0 Å². The Bertz CT molecular complexity index is 726. The third kappa shape index (κ3) is 4.69. The van der Waals surface area contributed by atoms with Gasteiger partial charge in [0, 0.05) is 0 Å². The molecule has 2 rings (SSSR count). The first kappa shape index (κ1) is 17.9. The standard InChI is InChI=1S/C15H14O4S.Na/c1-2-7-12-8-3-4-9-13(12)19-14-10-5-6-11-15(14)20(16,17)18;/h2-6,8-11H,1,7H2,(H,16,17,18);/q;+1/p-1. The minimum atomic E-state index is -4.57. The molecule has 0 aromatic heterocycles. The summed E-state index contributed by atoms with van der Waals surface area (Å²) in [5.74, 6) is 0.530. The molecule has 0 heterocycles. The van der Waals surface area contributed by atoms with Gasteiger partial charge in [0.2, 0.25) is 0 Å². The smallest absolute Gasteiger partial charge is 0.744 e. The van der Waals surface area contributed by atoms with Crippen LogP contribution in [0.15, 0.2) is 66.1 Å². The number of allylic oxidation sites excluding steroid dienone is 1. The van der Waals surface area contributed by atoms with Crippen LogP contribution < -0.4 is 34.3 Å². The van der Waals surface area contributed by atoms with Crippen molar-refractivity contribution in [1.82, 2.24) is 0 Å². The predicted octanol–water partition coefficient (Wildman–Crippen LogP) is 0.116. The third-order valence-electron chi connectivity index (χ3n) is 2.68. The van der Waals surface area contributed by atoms with Crippen molar-refractivity contribution in [3.63, 3.8) is 0 Å². The second kappa shape index (κ2) is 7.77. The van der Waals surface area contributed by atoms with E-state index in [2.05, 4.69) is 6.58 Å². The Labute approximate surface area is 146 Å². The monoisotopic (exact) mass is 312 g/mol. The van der Waals surface area contributed by atoms with E-state index >= 15 is 0 Å². The van der Waals surface area contributed by atoms with E-state index in [0.29, 0.717) is 12.2 Å². The zero-order chi connectivity index (χ0) is 14.6. The van der Waals surface area contributed by atoms with Crippen LogP contribution in [0, 0.1) is 0 Å². The molecule has 0 radical (unpaired) electrons. The molecule has 0 bridgehead atoms. The Morgan fingerprint density at radius 3 is 2.24 bits per heavy atom. The summed E-state index contributed by atoms with van der Waals surface area (Å²) in [6.07, 6.45) is 2.31. The van der Waals surface area contributed by atoms with Crippen molar-refractivity contribution >= 4 is 10.1 Å². The molecular formula is C15H13NaO4S. The second-order valence-corrected chi connectivity index (χ2v) is 5.45. The quantitative estimate of drug-likeness (QED) is 0.447. The Morgan fingerprint density at radius 2 is 1.62 bits per heavy atom. The Hall–Kier alpha value is -1.11. The van der Waals surface area contributed by atoms with Gasteiger partial charge >= 0.3 is 29.6 Å². The summed E-state index contributed by atoms with van der Waals surface area (Å²) in [6.45, 7) is 3.66. The molecule has 2 aromatic rings. The molecule has 0 aliphatic heterocycles. The Kier molecular flexibility index (Phi) is 6.64. The summed E-state index contributed by atoms with van der Waals surface area (Å²) in [5.41, 5.74) is 0.862. The van der Waals surface area contributed by atoms with Crippen molar-refractivity contribution in [2.45, 2.75) is 11.3 Å². The van der Waals surface area contributed by atoms with Gasteiger partial charge in [-0.05, 0) is 30.2 Å². The maximum absolute atomic E-state index is 11.2. The van der Waals surface area contributed by atoms with Gasteiger partial charge in [-0.1, -0.05) is 36.4 Å². The zero-order valence-corrected chi connectivity index (χ0v) is 14.5. The third-order valence-corrected chi connectivity index (χ3v) is 3.55. The predicted molar refractivity (Wildman–Crippen MR) is 74.8 cm³/mol. The molecule has 0 spiro atoms. The van der Waals surface area contributed by atoms with Gasteiger partial charge in [0.25, 0.3) is 0 Å². The van der Waals surface area contributed by atoms with E-state index in [1.807, 2.05) is 12.1 Å². The van der Waals surface area contributed by atoms with Crippen LogP contribution in [0.4, 0.5) is 0 Å². The van der Waals surface area contributed by atoms with Gasteiger partial charge in [0.15, 0.2) is 0 Å². The van der Waals surface area contributed by atoms with Crippen LogP contribution in [0.2, 0.25) is 0 Å². The number of hydrogen-bond donors (Lipinski definition) is 0. The number of ether oxygens (including phenoxy) is 1. The Balaban J connectivity index is 0.00000220. The molecule has 0 aliphatic carbocycles. The van der Waals surface area contributed by atoms with E-state index in [9.17, 15) is 13.0 Å². The summed E-state index contributed by atoms with van der Waals surface area (Å²) in [5, 5.41) is 0. The molecule has 0 saturated carbocycles. The molecule has 0 amide bonds. The van der Waals surface area contributed by atoms with Gasteiger partial charge in [-0.3, -0.25) is 0 Å². The van der Waals surface area contributed by atoms with Crippen LogP contribution >= 0.6 is 0 Å². The zero-order valence-electron chi connectivity index (χ0n) is 11.7. The molecule has 0 aliphatic rings. The maximum Gasteiger partial charge on any atom is 1.00 e. The van der Waals surface area contributed by atoms with E-state index < -0.39 is 10.1 Å². The van der Waals surface area contributed by atoms with E-state index in [-0.39, 0.29) is 40.2 Å². The maximum atomic E-state index is 11.2. The molecule has 104 valence electrons. The number of benzene rings is 2. The number of para-hydroxylation sites is 2. The fourth-order valence-electron chi connectivity index (χ4n) is 1.79. The minimum absolute atomic E-state index is 0. The molecule has 6 heteroatoms.